The van der Waals surface area contributed by atoms with Crippen molar-refractivity contribution in [1.29, 1.82) is 0 Å². The Bertz CT molecular complexity index is 946. The first-order chi connectivity index (χ1) is 13.4. The standard InChI is InChI=1S/C21H29N3O3S/c1-4-24(5-2)28(26,27)18-13-20(23(3)15-18)21(25)22-14-17-11-8-10-16-9-6-7-12-19(16)17/h6-7,9,12-13,15,17H,4-5,8,10-11,14H2,1-3H3,(H,22,25). The smallest absolute Gasteiger partial charge is 0.267 e. The molecular weight excluding hydrogens is 374 g/mol. The van der Waals surface area contributed by atoms with Crippen molar-refractivity contribution < 1.29 is 13.2 Å². The van der Waals surface area contributed by atoms with E-state index < -0.39 is 10.0 Å². The van der Waals surface area contributed by atoms with Crippen LogP contribution < -0.4 is 5.32 Å². The number of nitrogens with one attached hydrogen (secondary N) is 1. The first kappa shape index (κ1) is 20.6. The average Bonchev–Trinajstić information content (AvgIpc) is 3.09. The van der Waals surface area contributed by atoms with E-state index in [1.54, 1.807) is 25.5 Å². The van der Waals surface area contributed by atoms with Gasteiger partial charge >= 0.3 is 0 Å². The Balaban J connectivity index is 1.73. The van der Waals surface area contributed by atoms with E-state index in [1.165, 1.54) is 27.7 Å². The monoisotopic (exact) mass is 403 g/mol. The fraction of sp³-hybridized carbons (Fsp3) is 0.476. The van der Waals surface area contributed by atoms with Crippen LogP contribution in [-0.2, 0) is 23.5 Å². The first-order valence-electron chi connectivity index (χ1n) is 9.91. The van der Waals surface area contributed by atoms with Crippen LogP contribution in [0.3, 0.4) is 0 Å². The van der Waals surface area contributed by atoms with Crippen molar-refractivity contribution in [2.75, 3.05) is 19.6 Å². The molecule has 1 aromatic carbocycles. The summed E-state index contributed by atoms with van der Waals surface area (Å²) in [5, 5.41) is 3.00. The summed E-state index contributed by atoms with van der Waals surface area (Å²) < 4.78 is 28.4. The van der Waals surface area contributed by atoms with E-state index in [9.17, 15) is 13.2 Å². The molecule has 0 aliphatic heterocycles. The number of carbonyl (C=O) groups is 1. The number of nitrogens with zero attached hydrogens (tertiary/aromatic N) is 2. The van der Waals surface area contributed by atoms with Crippen LogP contribution in [0.5, 0.6) is 0 Å². The molecule has 0 saturated heterocycles. The Morgan fingerprint density at radius 1 is 1.25 bits per heavy atom. The summed E-state index contributed by atoms with van der Waals surface area (Å²) in [5.41, 5.74) is 3.03. The van der Waals surface area contributed by atoms with Crippen LogP contribution in [0.15, 0.2) is 41.4 Å². The van der Waals surface area contributed by atoms with E-state index in [0.717, 1.165) is 19.3 Å². The maximum atomic E-state index is 12.7. The molecule has 1 aliphatic rings. The van der Waals surface area contributed by atoms with Gasteiger partial charge < -0.3 is 9.88 Å². The maximum Gasteiger partial charge on any atom is 0.267 e. The fourth-order valence-electron chi connectivity index (χ4n) is 3.99. The van der Waals surface area contributed by atoms with E-state index in [0.29, 0.717) is 31.2 Å². The van der Waals surface area contributed by atoms with Crippen LogP contribution >= 0.6 is 0 Å². The van der Waals surface area contributed by atoms with Gasteiger partial charge in [-0.15, -0.1) is 0 Å². The van der Waals surface area contributed by atoms with Gasteiger partial charge in [-0.1, -0.05) is 38.1 Å². The van der Waals surface area contributed by atoms with Gasteiger partial charge in [0.2, 0.25) is 10.0 Å². The molecule has 1 atom stereocenters. The quantitative estimate of drug-likeness (QED) is 0.773. The molecule has 0 spiro atoms. The van der Waals surface area contributed by atoms with Gasteiger partial charge in [-0.25, -0.2) is 8.42 Å². The average molecular weight is 404 g/mol. The van der Waals surface area contributed by atoms with Gasteiger partial charge in [-0.2, -0.15) is 4.31 Å². The summed E-state index contributed by atoms with van der Waals surface area (Å²) in [6.45, 7) is 4.96. The van der Waals surface area contributed by atoms with Crippen LogP contribution in [0.4, 0.5) is 0 Å². The Labute approximate surface area is 167 Å². The molecule has 2 aromatic rings. The number of aromatic nitrogens is 1. The number of hydrogen-bond acceptors (Lipinski definition) is 3. The molecular formula is C21H29N3O3S. The molecule has 1 aromatic heterocycles. The van der Waals surface area contributed by atoms with Gasteiger partial charge in [0.05, 0.1) is 0 Å². The molecule has 152 valence electrons. The highest BCUT2D eigenvalue weighted by atomic mass is 32.2. The molecule has 1 aliphatic carbocycles. The van der Waals surface area contributed by atoms with Gasteiger partial charge in [0.1, 0.15) is 10.6 Å². The Hall–Kier alpha value is -2.12. The number of rotatable bonds is 7. The molecule has 6 nitrogen and oxygen atoms in total. The lowest BCUT2D eigenvalue weighted by atomic mass is 9.83. The third-order valence-corrected chi connectivity index (χ3v) is 7.57. The van der Waals surface area contributed by atoms with Crippen molar-refractivity contribution >= 4 is 15.9 Å². The molecule has 28 heavy (non-hydrogen) atoms. The Morgan fingerprint density at radius 3 is 2.68 bits per heavy atom. The van der Waals surface area contributed by atoms with E-state index in [-0.39, 0.29) is 10.8 Å². The maximum absolute atomic E-state index is 12.7. The number of sulfonamides is 1. The minimum atomic E-state index is -3.58. The largest absolute Gasteiger partial charge is 0.350 e. The molecule has 1 amide bonds. The predicted octanol–water partition coefficient (Wildman–Crippen LogP) is 2.91. The molecule has 0 fully saturated rings. The van der Waals surface area contributed by atoms with Gasteiger partial charge in [0.25, 0.3) is 5.91 Å². The zero-order chi connectivity index (χ0) is 20.3. The third kappa shape index (κ3) is 4.00. The molecule has 1 N–H and O–H groups in total. The molecule has 3 rings (SSSR count). The van der Waals surface area contributed by atoms with E-state index >= 15 is 0 Å². The Morgan fingerprint density at radius 2 is 1.96 bits per heavy atom. The number of hydrogen-bond donors (Lipinski definition) is 1. The van der Waals surface area contributed by atoms with E-state index in [4.69, 9.17) is 0 Å². The SMILES string of the molecule is CCN(CC)S(=O)(=O)c1cc(C(=O)NCC2CCCc3ccccc32)n(C)c1. The second-order valence-corrected chi connectivity index (χ2v) is 9.20. The van der Waals surface area contributed by atoms with Crippen LogP contribution in [-0.4, -0.2) is 42.8 Å². The lowest BCUT2D eigenvalue weighted by Crippen LogP contribution is -2.31. The second-order valence-electron chi connectivity index (χ2n) is 7.26. The van der Waals surface area contributed by atoms with Crippen molar-refractivity contribution in [3.63, 3.8) is 0 Å². The lowest BCUT2D eigenvalue weighted by molar-refractivity contribution is 0.0942. The minimum Gasteiger partial charge on any atom is -0.350 e. The van der Waals surface area contributed by atoms with Crippen molar-refractivity contribution in [3.8, 4) is 0 Å². The van der Waals surface area contributed by atoms with Crippen molar-refractivity contribution in [2.45, 2.75) is 43.9 Å². The van der Waals surface area contributed by atoms with Crippen molar-refractivity contribution in [2.24, 2.45) is 7.05 Å². The number of benzene rings is 1. The number of amides is 1. The third-order valence-electron chi connectivity index (χ3n) is 5.56. The summed E-state index contributed by atoms with van der Waals surface area (Å²) in [4.78, 5) is 12.9. The molecule has 1 unspecified atom stereocenters. The van der Waals surface area contributed by atoms with Crippen molar-refractivity contribution in [1.82, 2.24) is 14.2 Å². The summed E-state index contributed by atoms with van der Waals surface area (Å²) in [6, 6.07) is 9.87. The van der Waals surface area contributed by atoms with Crippen LogP contribution in [0, 0.1) is 0 Å². The highest BCUT2D eigenvalue weighted by Gasteiger charge is 2.26. The van der Waals surface area contributed by atoms with Crippen LogP contribution in [0.1, 0.15) is 54.2 Å². The summed E-state index contributed by atoms with van der Waals surface area (Å²) in [5.74, 6) is 0.0552. The molecule has 0 radical (unpaired) electrons. The highest BCUT2D eigenvalue weighted by Crippen LogP contribution is 2.31. The summed E-state index contributed by atoms with van der Waals surface area (Å²) in [7, 11) is -1.88. The highest BCUT2D eigenvalue weighted by molar-refractivity contribution is 7.89. The van der Waals surface area contributed by atoms with Gasteiger partial charge in [0, 0.05) is 38.8 Å². The fourth-order valence-corrected chi connectivity index (χ4v) is 5.52. The van der Waals surface area contributed by atoms with Crippen LogP contribution in [0.2, 0.25) is 0 Å². The lowest BCUT2D eigenvalue weighted by Gasteiger charge is -2.25. The molecule has 0 bridgehead atoms. The van der Waals surface area contributed by atoms with Gasteiger partial charge in [0.15, 0.2) is 0 Å². The van der Waals surface area contributed by atoms with Crippen molar-refractivity contribution in [3.05, 3.63) is 53.3 Å². The summed E-state index contributed by atoms with van der Waals surface area (Å²) >= 11 is 0. The zero-order valence-corrected chi connectivity index (χ0v) is 17.6. The number of carbonyl (C=O) groups excluding carboxylic acids is 1. The molecule has 0 saturated carbocycles. The molecule has 1 heterocycles. The molecule has 7 heteroatoms. The Kier molecular flexibility index (Phi) is 6.25. The second kappa shape index (κ2) is 8.49. The first-order valence-corrected chi connectivity index (χ1v) is 11.3. The minimum absolute atomic E-state index is 0.159. The topological polar surface area (TPSA) is 71.4 Å². The van der Waals surface area contributed by atoms with Gasteiger partial charge in [-0.3, -0.25) is 4.79 Å². The predicted molar refractivity (Wildman–Crippen MR) is 110 cm³/mol. The van der Waals surface area contributed by atoms with E-state index in [2.05, 4.69) is 23.5 Å². The number of fused-ring (bicyclic) bond motifs is 1. The van der Waals surface area contributed by atoms with Crippen LogP contribution in [0.25, 0.3) is 0 Å². The van der Waals surface area contributed by atoms with E-state index in [1.807, 2.05) is 6.07 Å². The van der Waals surface area contributed by atoms with Gasteiger partial charge in [-0.05, 0) is 36.5 Å². The normalized spacial score (nSPS) is 16.8. The number of aryl methyl sites for hydroxylation is 2. The zero-order valence-electron chi connectivity index (χ0n) is 16.8. The summed E-state index contributed by atoms with van der Waals surface area (Å²) in [6.07, 6.45) is 4.77.